The molecule has 0 saturated carbocycles. The Kier molecular flexibility index (Phi) is 5.92. The molecule has 0 aliphatic carbocycles. The van der Waals surface area contributed by atoms with Crippen molar-refractivity contribution in [3.8, 4) is 28.8 Å². The first kappa shape index (κ1) is 22.2. The number of hydrogen-bond acceptors (Lipinski definition) is 9. The molecule has 12 heteroatoms. The summed E-state index contributed by atoms with van der Waals surface area (Å²) in [4.78, 5) is 20.4. The van der Waals surface area contributed by atoms with Gasteiger partial charge in [0.25, 0.3) is 0 Å². The highest BCUT2D eigenvalue weighted by molar-refractivity contribution is 5.88. The molecule has 5 rings (SSSR count). The molecule has 1 aliphatic heterocycles. The predicted molar refractivity (Wildman–Crippen MR) is 118 cm³/mol. The van der Waals surface area contributed by atoms with Crippen molar-refractivity contribution >= 4 is 11.9 Å². The lowest BCUT2D eigenvalue weighted by Gasteiger charge is -2.19. The first-order valence-electron chi connectivity index (χ1n) is 10.5. The quantitative estimate of drug-likeness (QED) is 0.410. The molecule has 35 heavy (non-hydrogen) atoms. The van der Waals surface area contributed by atoms with Crippen LogP contribution in [0.1, 0.15) is 11.5 Å². The van der Waals surface area contributed by atoms with Crippen molar-refractivity contribution in [2.75, 3.05) is 19.0 Å². The molecule has 2 N–H and O–H groups in total. The van der Waals surface area contributed by atoms with Gasteiger partial charge in [-0.05, 0) is 24.3 Å². The molecule has 1 aliphatic rings. The molecular weight excluding hydrogens is 462 g/mol. The number of benzene rings is 2. The van der Waals surface area contributed by atoms with Gasteiger partial charge in [0.15, 0.2) is 0 Å². The minimum absolute atomic E-state index is 0.0327. The summed E-state index contributed by atoms with van der Waals surface area (Å²) in [6.45, 7) is 0.0327. The molecule has 1 amide bonds. The first-order valence-corrected chi connectivity index (χ1v) is 10.5. The van der Waals surface area contributed by atoms with E-state index in [1.54, 1.807) is 30.5 Å². The van der Waals surface area contributed by atoms with Crippen LogP contribution in [0.4, 0.5) is 14.8 Å². The number of aromatic nitrogens is 4. The van der Waals surface area contributed by atoms with Gasteiger partial charge >= 0.3 is 6.01 Å². The third kappa shape index (κ3) is 4.58. The van der Waals surface area contributed by atoms with E-state index in [9.17, 15) is 13.6 Å². The number of nitrogens with one attached hydrogen (secondary N) is 2. The molecule has 2 atom stereocenters. The van der Waals surface area contributed by atoms with Crippen molar-refractivity contribution in [1.82, 2.24) is 25.5 Å². The predicted octanol–water partition coefficient (Wildman–Crippen LogP) is 3.30. The summed E-state index contributed by atoms with van der Waals surface area (Å²) in [5.41, 5.74) is 0.358. The molecule has 10 nitrogen and oxygen atoms in total. The van der Waals surface area contributed by atoms with Gasteiger partial charge in [0.1, 0.15) is 29.2 Å². The zero-order valence-corrected chi connectivity index (χ0v) is 18.2. The average Bonchev–Trinajstić information content (AvgIpc) is 3.47. The van der Waals surface area contributed by atoms with E-state index >= 15 is 0 Å². The second-order valence-electron chi connectivity index (χ2n) is 7.56. The van der Waals surface area contributed by atoms with E-state index in [1.165, 1.54) is 19.5 Å². The number of carbonyl (C=O) groups is 1. The zero-order valence-electron chi connectivity index (χ0n) is 18.2. The smallest absolute Gasteiger partial charge is 0.316 e. The summed E-state index contributed by atoms with van der Waals surface area (Å²) < 4.78 is 45.4. The minimum Gasteiger partial charge on any atom is -0.497 e. The summed E-state index contributed by atoms with van der Waals surface area (Å²) in [6.07, 6.45) is 4.54. The van der Waals surface area contributed by atoms with Gasteiger partial charge in [-0.15, -0.1) is 5.10 Å². The van der Waals surface area contributed by atoms with Crippen molar-refractivity contribution in [3.05, 3.63) is 72.2 Å². The number of ether oxygens (including phenoxy) is 2. The maximum atomic E-state index is 14.6. The first-order chi connectivity index (χ1) is 17.0. The Morgan fingerprint density at radius 1 is 1.09 bits per heavy atom. The van der Waals surface area contributed by atoms with Crippen LogP contribution in [0.15, 0.2) is 59.4 Å². The molecule has 0 radical (unpaired) electrons. The molecule has 1 fully saturated rings. The summed E-state index contributed by atoms with van der Waals surface area (Å²) in [5, 5.41) is 13.3. The molecule has 178 valence electrons. The van der Waals surface area contributed by atoms with E-state index in [1.807, 2.05) is 0 Å². The SMILES string of the molecule is COc1cc(F)c(C2CNC(=O)[C@@H]2Nc2nnc(-c3ccc(Oc4cnccn4)cc3)o2)c(F)c1. The van der Waals surface area contributed by atoms with Crippen molar-refractivity contribution in [2.24, 2.45) is 0 Å². The van der Waals surface area contributed by atoms with E-state index in [0.717, 1.165) is 12.1 Å². The average molecular weight is 480 g/mol. The van der Waals surface area contributed by atoms with Crippen LogP contribution < -0.4 is 20.1 Å². The summed E-state index contributed by atoms with van der Waals surface area (Å²) in [5.74, 6) is -1.83. The van der Waals surface area contributed by atoms with Crippen LogP contribution in [0.3, 0.4) is 0 Å². The van der Waals surface area contributed by atoms with E-state index in [-0.39, 0.29) is 29.8 Å². The lowest BCUT2D eigenvalue weighted by atomic mass is 9.93. The number of carbonyl (C=O) groups excluding carboxylic acids is 1. The number of nitrogens with zero attached hydrogens (tertiary/aromatic N) is 4. The molecular formula is C23H18F2N6O4. The lowest BCUT2D eigenvalue weighted by Crippen LogP contribution is -2.33. The minimum atomic E-state index is -1.02. The van der Waals surface area contributed by atoms with Gasteiger partial charge in [0, 0.05) is 48.1 Å². The third-order valence-corrected chi connectivity index (χ3v) is 5.41. The molecule has 0 spiro atoms. The van der Waals surface area contributed by atoms with Crippen molar-refractivity contribution < 1.29 is 27.5 Å². The van der Waals surface area contributed by atoms with Crippen LogP contribution in [0.25, 0.3) is 11.5 Å². The fraction of sp³-hybridized carbons (Fsp3) is 0.174. The molecule has 3 heterocycles. The van der Waals surface area contributed by atoms with Crippen LogP contribution in [0.5, 0.6) is 17.4 Å². The summed E-state index contributed by atoms with van der Waals surface area (Å²) in [6, 6.07) is 7.84. The summed E-state index contributed by atoms with van der Waals surface area (Å²) >= 11 is 0. The van der Waals surface area contributed by atoms with E-state index < -0.39 is 29.5 Å². The molecule has 0 bridgehead atoms. The van der Waals surface area contributed by atoms with Crippen LogP contribution in [0.2, 0.25) is 0 Å². The Morgan fingerprint density at radius 3 is 2.54 bits per heavy atom. The summed E-state index contributed by atoms with van der Waals surface area (Å²) in [7, 11) is 1.31. The van der Waals surface area contributed by atoms with E-state index in [4.69, 9.17) is 13.9 Å². The second kappa shape index (κ2) is 9.33. The van der Waals surface area contributed by atoms with Gasteiger partial charge in [-0.25, -0.2) is 13.8 Å². The van der Waals surface area contributed by atoms with Gasteiger partial charge in [-0.2, -0.15) is 0 Å². The molecule has 2 aromatic carbocycles. The number of amides is 1. The Hall–Kier alpha value is -4.61. The third-order valence-electron chi connectivity index (χ3n) is 5.41. The van der Waals surface area contributed by atoms with Gasteiger partial charge in [0.2, 0.25) is 17.7 Å². The van der Waals surface area contributed by atoms with Gasteiger partial charge in [-0.3, -0.25) is 9.78 Å². The number of methoxy groups -OCH3 is 1. The fourth-order valence-corrected chi connectivity index (χ4v) is 3.74. The normalized spacial score (nSPS) is 17.2. The van der Waals surface area contributed by atoms with E-state index in [2.05, 4.69) is 30.8 Å². The highest BCUT2D eigenvalue weighted by atomic mass is 19.1. The highest BCUT2D eigenvalue weighted by Crippen LogP contribution is 2.33. The molecule has 1 unspecified atom stereocenters. The lowest BCUT2D eigenvalue weighted by molar-refractivity contribution is -0.119. The molecule has 4 aromatic rings. The molecule has 1 saturated heterocycles. The highest BCUT2D eigenvalue weighted by Gasteiger charge is 2.40. The van der Waals surface area contributed by atoms with Crippen molar-refractivity contribution in [2.45, 2.75) is 12.0 Å². The van der Waals surface area contributed by atoms with E-state index in [0.29, 0.717) is 17.2 Å². The monoisotopic (exact) mass is 480 g/mol. The van der Waals surface area contributed by atoms with Gasteiger partial charge in [0.05, 0.1) is 13.3 Å². The van der Waals surface area contributed by atoms with Crippen LogP contribution >= 0.6 is 0 Å². The fourth-order valence-electron chi connectivity index (χ4n) is 3.74. The van der Waals surface area contributed by atoms with Crippen LogP contribution in [0, 0.1) is 11.6 Å². The van der Waals surface area contributed by atoms with Gasteiger partial charge < -0.3 is 24.5 Å². The number of halogens is 2. The Morgan fingerprint density at radius 2 is 1.86 bits per heavy atom. The standard InChI is InChI=1S/C23H18F2N6O4/c1-33-14-8-16(24)19(17(25)9-14)15-10-28-21(32)20(15)29-23-31-30-22(35-23)12-2-4-13(5-3-12)34-18-11-26-6-7-27-18/h2-9,11,15,20H,10H2,1H3,(H,28,32)(H,29,31)/t15?,20-/m1/s1. The number of anilines is 1. The maximum Gasteiger partial charge on any atom is 0.316 e. The Bertz CT molecular complexity index is 1330. The maximum absolute atomic E-state index is 14.6. The van der Waals surface area contributed by atoms with Crippen molar-refractivity contribution in [1.29, 1.82) is 0 Å². The second-order valence-corrected chi connectivity index (χ2v) is 7.56. The number of rotatable bonds is 7. The Labute approximate surface area is 197 Å². The molecule has 2 aromatic heterocycles. The van der Waals surface area contributed by atoms with Crippen molar-refractivity contribution in [3.63, 3.8) is 0 Å². The van der Waals surface area contributed by atoms with Gasteiger partial charge in [-0.1, -0.05) is 5.10 Å². The van der Waals surface area contributed by atoms with Crippen LogP contribution in [-0.2, 0) is 4.79 Å². The van der Waals surface area contributed by atoms with Crippen LogP contribution in [-0.4, -0.2) is 45.8 Å². The largest absolute Gasteiger partial charge is 0.497 e. The topological polar surface area (TPSA) is 124 Å². The number of hydrogen-bond donors (Lipinski definition) is 2. The Balaban J connectivity index is 1.32. The zero-order chi connectivity index (χ0) is 24.4.